The number of thiophene rings is 1. The number of fused-ring (bicyclic) bond motifs is 3. The van der Waals surface area contributed by atoms with Gasteiger partial charge in [0.2, 0.25) is 5.91 Å². The SMILES string of the molecule is Cc1cc2c(cc3n2C[C@](C)(C(=O)NC2CCCCCCC2)N(Cc2cccs2)C3=O)o1. The molecule has 0 unspecified atom stereocenters. The van der Waals surface area contributed by atoms with Crippen molar-refractivity contribution in [2.24, 2.45) is 0 Å². The molecule has 0 bridgehead atoms. The zero-order valence-corrected chi connectivity index (χ0v) is 19.7. The molecular formula is C25H31N3O3S. The fraction of sp³-hybridized carbons (Fsp3) is 0.520. The van der Waals surface area contributed by atoms with Gasteiger partial charge in [0.15, 0.2) is 5.58 Å². The molecule has 1 aliphatic carbocycles. The van der Waals surface area contributed by atoms with Crippen LogP contribution in [0.1, 0.15) is 73.0 Å². The average Bonchev–Trinajstić information content (AvgIpc) is 3.44. The Morgan fingerprint density at radius 2 is 1.97 bits per heavy atom. The number of nitrogens with one attached hydrogen (secondary N) is 1. The van der Waals surface area contributed by atoms with Crippen LogP contribution in [0.5, 0.6) is 0 Å². The molecule has 1 fully saturated rings. The Morgan fingerprint density at radius 1 is 1.22 bits per heavy atom. The van der Waals surface area contributed by atoms with E-state index in [1.54, 1.807) is 16.2 Å². The van der Waals surface area contributed by atoms with Crippen LogP contribution in [0.3, 0.4) is 0 Å². The minimum absolute atomic E-state index is 0.0549. The lowest BCUT2D eigenvalue weighted by molar-refractivity contribution is -0.134. The van der Waals surface area contributed by atoms with Gasteiger partial charge in [0.05, 0.1) is 18.6 Å². The molecule has 0 aromatic carbocycles. The Hall–Kier alpha value is -2.54. The number of amides is 2. The summed E-state index contributed by atoms with van der Waals surface area (Å²) in [6.45, 7) is 4.66. The molecule has 7 heteroatoms. The average molecular weight is 454 g/mol. The van der Waals surface area contributed by atoms with Crippen LogP contribution in [0.2, 0.25) is 0 Å². The molecule has 1 saturated carbocycles. The molecule has 32 heavy (non-hydrogen) atoms. The molecule has 3 aromatic heterocycles. The van der Waals surface area contributed by atoms with Crippen molar-refractivity contribution in [3.63, 3.8) is 0 Å². The third-order valence-electron chi connectivity index (χ3n) is 7.06. The minimum atomic E-state index is -0.979. The van der Waals surface area contributed by atoms with Gasteiger partial charge in [0, 0.05) is 23.1 Å². The number of hydrogen-bond donors (Lipinski definition) is 1. The van der Waals surface area contributed by atoms with Crippen molar-refractivity contribution in [2.45, 2.75) is 83.5 Å². The fourth-order valence-corrected chi connectivity index (χ4v) is 5.90. The van der Waals surface area contributed by atoms with Gasteiger partial charge in [-0.2, -0.15) is 0 Å². The molecule has 2 aliphatic rings. The summed E-state index contributed by atoms with van der Waals surface area (Å²) in [6.07, 6.45) is 8.08. The van der Waals surface area contributed by atoms with Gasteiger partial charge in [-0.15, -0.1) is 11.3 Å². The zero-order valence-electron chi connectivity index (χ0n) is 18.9. The Balaban J connectivity index is 1.50. The van der Waals surface area contributed by atoms with Gasteiger partial charge < -0.3 is 19.2 Å². The van der Waals surface area contributed by atoms with Crippen molar-refractivity contribution in [1.82, 2.24) is 14.8 Å². The number of aryl methyl sites for hydroxylation is 1. The van der Waals surface area contributed by atoms with E-state index in [0.29, 0.717) is 24.4 Å². The van der Waals surface area contributed by atoms with E-state index in [9.17, 15) is 9.59 Å². The fourth-order valence-electron chi connectivity index (χ4n) is 5.21. The largest absolute Gasteiger partial charge is 0.460 e. The summed E-state index contributed by atoms with van der Waals surface area (Å²) in [6, 6.07) is 7.96. The standard InChI is InChI=1S/C25H31N3O3S/c1-17-13-20-22(31-17)14-21-23(29)28(15-19-11-8-12-32-19)25(2,16-27(20)21)24(30)26-18-9-6-4-3-5-7-10-18/h8,11-14,18H,3-7,9-10,15-16H2,1-2H3,(H,26,30)/t25-/m1/s1. The van der Waals surface area contributed by atoms with Gasteiger partial charge in [0.1, 0.15) is 17.0 Å². The van der Waals surface area contributed by atoms with Gasteiger partial charge in [-0.3, -0.25) is 9.59 Å². The van der Waals surface area contributed by atoms with Gasteiger partial charge in [-0.1, -0.05) is 38.2 Å². The second-order valence-electron chi connectivity index (χ2n) is 9.48. The first-order valence-electron chi connectivity index (χ1n) is 11.7. The molecule has 4 heterocycles. The summed E-state index contributed by atoms with van der Waals surface area (Å²) in [4.78, 5) is 30.3. The van der Waals surface area contributed by atoms with Crippen molar-refractivity contribution in [2.75, 3.05) is 0 Å². The number of aromatic nitrogens is 1. The Morgan fingerprint density at radius 3 is 2.69 bits per heavy atom. The van der Waals surface area contributed by atoms with E-state index in [1.807, 2.05) is 48.1 Å². The smallest absolute Gasteiger partial charge is 0.271 e. The topological polar surface area (TPSA) is 67.5 Å². The van der Waals surface area contributed by atoms with Crippen molar-refractivity contribution in [3.05, 3.63) is 46.0 Å². The van der Waals surface area contributed by atoms with Gasteiger partial charge in [0.25, 0.3) is 5.91 Å². The van der Waals surface area contributed by atoms with E-state index in [1.165, 1.54) is 19.3 Å². The molecule has 1 aliphatic heterocycles. The van der Waals surface area contributed by atoms with Crippen molar-refractivity contribution < 1.29 is 14.0 Å². The molecule has 6 nitrogen and oxygen atoms in total. The highest BCUT2D eigenvalue weighted by Crippen LogP contribution is 2.35. The first-order chi connectivity index (χ1) is 15.5. The van der Waals surface area contributed by atoms with Crippen LogP contribution in [0.4, 0.5) is 0 Å². The summed E-state index contributed by atoms with van der Waals surface area (Å²) in [5.41, 5.74) is 1.19. The molecule has 0 radical (unpaired) electrons. The highest BCUT2D eigenvalue weighted by atomic mass is 32.1. The van der Waals surface area contributed by atoms with Crippen LogP contribution < -0.4 is 5.32 Å². The maximum absolute atomic E-state index is 13.8. The zero-order chi connectivity index (χ0) is 22.3. The predicted octanol–water partition coefficient (Wildman–Crippen LogP) is 5.25. The second-order valence-corrected chi connectivity index (χ2v) is 10.5. The van der Waals surface area contributed by atoms with E-state index >= 15 is 0 Å². The van der Waals surface area contributed by atoms with Crippen LogP contribution >= 0.6 is 11.3 Å². The van der Waals surface area contributed by atoms with Crippen molar-refractivity contribution in [3.8, 4) is 0 Å². The first kappa shape index (κ1) is 21.3. The molecule has 0 spiro atoms. The van der Waals surface area contributed by atoms with Crippen molar-refractivity contribution in [1.29, 1.82) is 0 Å². The molecule has 2 amide bonds. The van der Waals surface area contributed by atoms with Crippen LogP contribution in [-0.4, -0.2) is 32.9 Å². The van der Waals surface area contributed by atoms with E-state index in [0.717, 1.165) is 41.8 Å². The lowest BCUT2D eigenvalue weighted by Crippen LogP contribution is -2.64. The molecule has 170 valence electrons. The molecule has 1 N–H and O–H groups in total. The number of furan rings is 1. The summed E-state index contributed by atoms with van der Waals surface area (Å²) in [5, 5.41) is 5.35. The lowest BCUT2D eigenvalue weighted by Gasteiger charge is -2.44. The van der Waals surface area contributed by atoms with E-state index < -0.39 is 5.54 Å². The Kier molecular flexibility index (Phi) is 5.61. The maximum Gasteiger partial charge on any atom is 0.271 e. The number of carbonyl (C=O) groups excluding carboxylic acids is 2. The van der Waals surface area contributed by atoms with Gasteiger partial charge >= 0.3 is 0 Å². The van der Waals surface area contributed by atoms with Crippen LogP contribution in [0, 0.1) is 6.92 Å². The minimum Gasteiger partial charge on any atom is -0.460 e. The molecule has 0 saturated heterocycles. The summed E-state index contributed by atoms with van der Waals surface area (Å²) >= 11 is 1.61. The number of carbonyl (C=O) groups is 2. The monoisotopic (exact) mass is 453 g/mol. The van der Waals surface area contributed by atoms with Crippen LogP contribution in [0.15, 0.2) is 34.1 Å². The maximum atomic E-state index is 13.8. The molecule has 5 rings (SSSR count). The predicted molar refractivity (Wildman–Crippen MR) is 126 cm³/mol. The Labute approximate surface area is 192 Å². The summed E-state index contributed by atoms with van der Waals surface area (Å²) in [5.74, 6) is 0.629. The van der Waals surface area contributed by atoms with Gasteiger partial charge in [-0.25, -0.2) is 0 Å². The number of rotatable bonds is 4. The normalized spacial score (nSPS) is 22.6. The van der Waals surface area contributed by atoms with Crippen molar-refractivity contribution >= 4 is 34.3 Å². The highest BCUT2D eigenvalue weighted by molar-refractivity contribution is 7.09. The number of hydrogen-bond acceptors (Lipinski definition) is 4. The van der Waals surface area contributed by atoms with Crippen LogP contribution in [0.25, 0.3) is 11.1 Å². The first-order valence-corrected chi connectivity index (χ1v) is 12.6. The molecule has 1 atom stereocenters. The quantitative estimate of drug-likeness (QED) is 0.587. The number of nitrogens with zero attached hydrogens (tertiary/aromatic N) is 2. The third-order valence-corrected chi connectivity index (χ3v) is 7.92. The third kappa shape index (κ3) is 3.76. The molecule has 3 aromatic rings. The summed E-state index contributed by atoms with van der Waals surface area (Å²) < 4.78 is 7.76. The Bertz CT molecular complexity index is 1120. The van der Waals surface area contributed by atoms with E-state index in [4.69, 9.17) is 4.42 Å². The lowest BCUT2D eigenvalue weighted by atomic mass is 9.92. The highest BCUT2D eigenvalue weighted by Gasteiger charge is 2.48. The van der Waals surface area contributed by atoms with E-state index in [2.05, 4.69) is 5.32 Å². The molecular weight excluding hydrogens is 422 g/mol. The summed E-state index contributed by atoms with van der Waals surface area (Å²) in [7, 11) is 0. The van der Waals surface area contributed by atoms with E-state index in [-0.39, 0.29) is 17.9 Å². The van der Waals surface area contributed by atoms with Crippen LogP contribution in [-0.2, 0) is 17.9 Å². The van der Waals surface area contributed by atoms with Gasteiger partial charge in [-0.05, 0) is 38.1 Å². The second kappa shape index (κ2) is 8.43.